The smallest absolute Gasteiger partial charge is 0.257 e. The van der Waals surface area contributed by atoms with Crippen molar-refractivity contribution in [2.75, 3.05) is 0 Å². The zero-order valence-corrected chi connectivity index (χ0v) is 12.3. The molecule has 2 aromatic rings. The Labute approximate surface area is 133 Å². The van der Waals surface area contributed by atoms with Crippen LogP contribution in [0, 0.1) is 29.1 Å². The Morgan fingerprint density at radius 1 is 1.00 bits per heavy atom. The van der Waals surface area contributed by atoms with Gasteiger partial charge in [-0.25, -0.2) is 22.0 Å². The second-order valence-corrected chi connectivity index (χ2v) is 5.10. The summed E-state index contributed by atoms with van der Waals surface area (Å²) in [6.07, 6.45) is -1.33. The molecule has 2 rings (SSSR count). The third-order valence-electron chi connectivity index (χ3n) is 3.38. The van der Waals surface area contributed by atoms with Gasteiger partial charge in [0.25, 0.3) is 5.91 Å². The summed E-state index contributed by atoms with van der Waals surface area (Å²) in [5.41, 5.74) is -1.19. The number of nitrogens with one attached hydrogen (secondary N) is 1. The minimum Gasteiger partial charge on any atom is -0.386 e. The zero-order chi connectivity index (χ0) is 18.0. The lowest BCUT2D eigenvalue weighted by atomic mass is 10.0. The van der Waals surface area contributed by atoms with Gasteiger partial charge in [0, 0.05) is 6.07 Å². The third kappa shape index (κ3) is 3.53. The van der Waals surface area contributed by atoms with E-state index in [0.717, 1.165) is 12.1 Å². The molecule has 0 saturated carbocycles. The number of rotatable bonds is 4. The summed E-state index contributed by atoms with van der Waals surface area (Å²) in [6.45, 7) is 1.30. The highest BCUT2D eigenvalue weighted by Crippen LogP contribution is 2.21. The van der Waals surface area contributed by atoms with Crippen molar-refractivity contribution >= 4 is 5.91 Å². The summed E-state index contributed by atoms with van der Waals surface area (Å²) in [5, 5.41) is 12.1. The highest BCUT2D eigenvalue weighted by atomic mass is 19.2. The normalized spacial score (nSPS) is 13.5. The van der Waals surface area contributed by atoms with Gasteiger partial charge in [0.05, 0.1) is 12.1 Å². The van der Waals surface area contributed by atoms with Gasteiger partial charge >= 0.3 is 0 Å². The van der Waals surface area contributed by atoms with E-state index in [1.54, 1.807) is 0 Å². The van der Waals surface area contributed by atoms with Crippen molar-refractivity contribution in [3.05, 3.63) is 70.5 Å². The van der Waals surface area contributed by atoms with Gasteiger partial charge in [-0.05, 0) is 24.6 Å². The van der Waals surface area contributed by atoms with E-state index in [9.17, 15) is 31.9 Å². The molecule has 0 aromatic heterocycles. The fraction of sp³-hybridized carbons (Fsp3) is 0.188. The molecule has 24 heavy (non-hydrogen) atoms. The van der Waals surface area contributed by atoms with Gasteiger partial charge in [0.1, 0.15) is 11.4 Å². The Morgan fingerprint density at radius 2 is 1.50 bits per heavy atom. The molecule has 0 heterocycles. The van der Waals surface area contributed by atoms with Crippen molar-refractivity contribution in [3.8, 4) is 0 Å². The predicted octanol–water partition coefficient (Wildman–Crippen LogP) is 3.23. The Balaban J connectivity index is 2.22. The molecule has 0 fully saturated rings. The summed E-state index contributed by atoms with van der Waals surface area (Å²) in [6, 6.07) is 3.58. The summed E-state index contributed by atoms with van der Waals surface area (Å²) in [5.74, 6) is -9.08. The van der Waals surface area contributed by atoms with Crippen LogP contribution in [0.4, 0.5) is 22.0 Å². The predicted molar refractivity (Wildman–Crippen MR) is 74.6 cm³/mol. The minimum absolute atomic E-state index is 0.0156. The number of carbonyl (C=O) groups is 1. The molecule has 0 aliphatic rings. The fourth-order valence-corrected chi connectivity index (χ4v) is 2.08. The molecular weight excluding hydrogens is 333 g/mol. The molecule has 0 radical (unpaired) electrons. The number of halogens is 5. The van der Waals surface area contributed by atoms with E-state index in [4.69, 9.17) is 0 Å². The number of benzene rings is 2. The Hall–Kier alpha value is -2.48. The summed E-state index contributed by atoms with van der Waals surface area (Å²) in [4.78, 5) is 11.9. The number of amides is 1. The van der Waals surface area contributed by atoms with E-state index in [1.165, 1.54) is 19.1 Å². The second-order valence-electron chi connectivity index (χ2n) is 5.10. The molecule has 0 saturated heterocycles. The molecule has 0 spiro atoms. The van der Waals surface area contributed by atoms with Gasteiger partial charge in [-0.3, -0.25) is 4.79 Å². The van der Waals surface area contributed by atoms with Crippen molar-refractivity contribution in [1.82, 2.24) is 5.32 Å². The van der Waals surface area contributed by atoms with Gasteiger partial charge in [0.2, 0.25) is 0 Å². The average Bonchev–Trinajstić information content (AvgIpc) is 2.53. The number of hydrogen-bond acceptors (Lipinski definition) is 2. The Kier molecular flexibility index (Phi) is 5.18. The monoisotopic (exact) mass is 345 g/mol. The highest BCUT2D eigenvalue weighted by molar-refractivity contribution is 5.95. The maximum atomic E-state index is 13.6. The molecule has 2 unspecified atom stereocenters. The van der Waals surface area contributed by atoms with Gasteiger partial charge in [-0.1, -0.05) is 12.1 Å². The van der Waals surface area contributed by atoms with Gasteiger partial charge in [-0.15, -0.1) is 0 Å². The van der Waals surface area contributed by atoms with Crippen LogP contribution in [0.2, 0.25) is 0 Å². The van der Waals surface area contributed by atoms with Crippen LogP contribution in [-0.4, -0.2) is 17.1 Å². The molecule has 128 valence electrons. The molecule has 0 aliphatic heterocycles. The van der Waals surface area contributed by atoms with Crippen LogP contribution in [0.25, 0.3) is 0 Å². The first kappa shape index (κ1) is 17.9. The maximum absolute atomic E-state index is 13.6. The largest absolute Gasteiger partial charge is 0.386 e. The van der Waals surface area contributed by atoms with E-state index in [1.807, 2.05) is 5.32 Å². The van der Waals surface area contributed by atoms with Crippen LogP contribution < -0.4 is 5.32 Å². The standard InChI is InChI=1S/C16H12F5NO2/c1-7(15(23)8-2-4-9(17)5-3-8)22-16(24)12-13(20)10(18)6-11(19)14(12)21/h2-7,15,23H,1H3,(H,22,24). The van der Waals surface area contributed by atoms with E-state index >= 15 is 0 Å². The highest BCUT2D eigenvalue weighted by Gasteiger charge is 2.27. The molecule has 2 aromatic carbocycles. The molecule has 2 N–H and O–H groups in total. The Bertz CT molecular complexity index is 738. The average molecular weight is 345 g/mol. The van der Waals surface area contributed by atoms with Crippen molar-refractivity contribution in [1.29, 1.82) is 0 Å². The lowest BCUT2D eigenvalue weighted by molar-refractivity contribution is 0.0841. The van der Waals surface area contributed by atoms with Crippen LogP contribution in [-0.2, 0) is 0 Å². The fourth-order valence-electron chi connectivity index (χ4n) is 2.08. The molecule has 3 nitrogen and oxygen atoms in total. The van der Waals surface area contributed by atoms with E-state index in [2.05, 4.69) is 0 Å². The topological polar surface area (TPSA) is 49.3 Å². The van der Waals surface area contributed by atoms with E-state index in [-0.39, 0.29) is 11.6 Å². The Morgan fingerprint density at radius 3 is 2.00 bits per heavy atom. The van der Waals surface area contributed by atoms with Crippen LogP contribution in [0.3, 0.4) is 0 Å². The summed E-state index contributed by atoms with van der Waals surface area (Å²) >= 11 is 0. The number of aliphatic hydroxyl groups is 1. The van der Waals surface area contributed by atoms with Crippen molar-refractivity contribution in [3.63, 3.8) is 0 Å². The molecule has 1 amide bonds. The molecule has 2 atom stereocenters. The first-order chi connectivity index (χ1) is 11.2. The molecule has 0 aliphatic carbocycles. The lowest BCUT2D eigenvalue weighted by Gasteiger charge is -2.21. The lowest BCUT2D eigenvalue weighted by Crippen LogP contribution is -2.38. The zero-order valence-electron chi connectivity index (χ0n) is 12.3. The van der Waals surface area contributed by atoms with E-state index < -0.39 is 52.7 Å². The van der Waals surface area contributed by atoms with Crippen LogP contribution >= 0.6 is 0 Å². The molecule has 0 bridgehead atoms. The summed E-state index contributed by atoms with van der Waals surface area (Å²) < 4.78 is 66.2. The number of aliphatic hydroxyl groups excluding tert-OH is 1. The first-order valence-corrected chi connectivity index (χ1v) is 6.79. The van der Waals surface area contributed by atoms with E-state index in [0.29, 0.717) is 0 Å². The molecule has 8 heteroatoms. The summed E-state index contributed by atoms with van der Waals surface area (Å²) in [7, 11) is 0. The van der Waals surface area contributed by atoms with Crippen LogP contribution in [0.15, 0.2) is 30.3 Å². The minimum atomic E-state index is -1.84. The van der Waals surface area contributed by atoms with Gasteiger partial charge in [-0.2, -0.15) is 0 Å². The van der Waals surface area contributed by atoms with Crippen molar-refractivity contribution in [2.24, 2.45) is 0 Å². The second kappa shape index (κ2) is 6.96. The van der Waals surface area contributed by atoms with Gasteiger partial charge in [0.15, 0.2) is 23.3 Å². The van der Waals surface area contributed by atoms with Crippen LogP contribution in [0.5, 0.6) is 0 Å². The quantitative estimate of drug-likeness (QED) is 0.660. The molecular formula is C16H12F5NO2. The van der Waals surface area contributed by atoms with Crippen molar-refractivity contribution < 1.29 is 31.9 Å². The number of carbonyl (C=O) groups excluding carboxylic acids is 1. The number of hydrogen-bond donors (Lipinski definition) is 2. The van der Waals surface area contributed by atoms with Crippen molar-refractivity contribution in [2.45, 2.75) is 19.1 Å². The SMILES string of the molecule is CC(NC(=O)c1c(F)c(F)cc(F)c1F)C(O)c1ccc(F)cc1. The van der Waals surface area contributed by atoms with Gasteiger partial charge < -0.3 is 10.4 Å². The third-order valence-corrected chi connectivity index (χ3v) is 3.38. The maximum Gasteiger partial charge on any atom is 0.257 e. The van der Waals surface area contributed by atoms with Crippen LogP contribution in [0.1, 0.15) is 28.9 Å². The first-order valence-electron chi connectivity index (χ1n) is 6.79.